The summed E-state index contributed by atoms with van der Waals surface area (Å²) in [7, 11) is 0. The van der Waals surface area contributed by atoms with Crippen LogP contribution >= 0.6 is 0 Å². The molecular weight excluding hydrogens is 246 g/mol. The fourth-order valence-electron chi connectivity index (χ4n) is 2.69. The summed E-state index contributed by atoms with van der Waals surface area (Å²) in [5.41, 5.74) is 1.31. The molecule has 2 rings (SSSR count). The Morgan fingerprint density at radius 1 is 1.20 bits per heavy atom. The summed E-state index contributed by atoms with van der Waals surface area (Å²) in [6.07, 6.45) is 8.71. The Hall–Kier alpha value is -1.70. The molecule has 0 radical (unpaired) electrons. The zero-order valence-corrected chi connectivity index (χ0v) is 12.8. The zero-order chi connectivity index (χ0) is 14.4. The molecule has 1 aliphatic carbocycles. The molecule has 0 bridgehead atoms. The molecule has 108 valence electrons. The maximum Gasteiger partial charge on any atom is 0.115 e. The minimum absolute atomic E-state index is 0.0258. The lowest BCUT2D eigenvalue weighted by Crippen LogP contribution is -2.46. The minimum atomic E-state index is 0.0258. The monoisotopic (exact) mass is 271 g/mol. The van der Waals surface area contributed by atoms with E-state index in [1.54, 1.807) is 0 Å². The molecule has 0 saturated heterocycles. The van der Waals surface area contributed by atoms with Crippen molar-refractivity contribution in [3.8, 4) is 0 Å². The molecule has 1 aromatic carbocycles. The second-order valence-electron chi connectivity index (χ2n) is 5.42. The normalized spacial score (nSPS) is 21.4. The number of para-hydroxylation sites is 1. The van der Waals surface area contributed by atoms with Gasteiger partial charge in [-0.1, -0.05) is 31.2 Å². The summed E-state index contributed by atoms with van der Waals surface area (Å²) >= 11 is 0. The second kappa shape index (κ2) is 6.65. The van der Waals surface area contributed by atoms with Gasteiger partial charge in [-0.2, -0.15) is 0 Å². The van der Waals surface area contributed by atoms with Crippen LogP contribution in [-0.4, -0.2) is 18.7 Å². The van der Waals surface area contributed by atoms with Gasteiger partial charge < -0.3 is 9.64 Å². The number of rotatable bonds is 6. The molecule has 0 N–H and O–H groups in total. The van der Waals surface area contributed by atoms with E-state index in [1.807, 2.05) is 6.92 Å². The van der Waals surface area contributed by atoms with Crippen LogP contribution in [-0.2, 0) is 4.74 Å². The van der Waals surface area contributed by atoms with Crippen LogP contribution in [0.25, 0.3) is 0 Å². The highest BCUT2D eigenvalue weighted by atomic mass is 16.5. The van der Waals surface area contributed by atoms with E-state index >= 15 is 0 Å². The van der Waals surface area contributed by atoms with E-state index in [0.717, 1.165) is 31.8 Å². The van der Waals surface area contributed by atoms with Crippen LogP contribution in [0.5, 0.6) is 0 Å². The predicted octanol–water partition coefficient (Wildman–Crippen LogP) is 4.54. The van der Waals surface area contributed by atoms with Gasteiger partial charge in [-0.25, -0.2) is 0 Å². The average Bonchev–Trinajstić information content (AvgIpc) is 2.48. The Kier molecular flexibility index (Phi) is 4.89. The maximum atomic E-state index is 5.58. The van der Waals surface area contributed by atoms with Crippen molar-refractivity contribution in [3.05, 3.63) is 54.3 Å². The molecule has 1 unspecified atom stereocenters. The van der Waals surface area contributed by atoms with Crippen molar-refractivity contribution < 1.29 is 4.74 Å². The predicted molar refractivity (Wildman–Crippen MR) is 86.0 cm³/mol. The van der Waals surface area contributed by atoms with Crippen molar-refractivity contribution in [2.45, 2.75) is 39.2 Å². The highest BCUT2D eigenvalue weighted by Gasteiger charge is 2.30. The molecule has 1 aliphatic rings. The van der Waals surface area contributed by atoms with Crippen LogP contribution in [0.4, 0.5) is 5.69 Å². The molecule has 2 nitrogen and oxygen atoms in total. The van der Waals surface area contributed by atoms with Crippen molar-refractivity contribution in [3.63, 3.8) is 0 Å². The summed E-state index contributed by atoms with van der Waals surface area (Å²) in [6.45, 7) is 8.33. The van der Waals surface area contributed by atoms with Gasteiger partial charge in [-0.15, -0.1) is 0 Å². The summed E-state index contributed by atoms with van der Waals surface area (Å²) in [4.78, 5) is 2.49. The molecule has 0 spiro atoms. The van der Waals surface area contributed by atoms with Gasteiger partial charge in [0.2, 0.25) is 0 Å². The fraction of sp³-hybridized carbons (Fsp3) is 0.444. The van der Waals surface area contributed by atoms with Crippen molar-refractivity contribution in [2.75, 3.05) is 18.1 Å². The number of ether oxygens (including phenoxy) is 1. The quantitative estimate of drug-likeness (QED) is 0.753. The van der Waals surface area contributed by atoms with Gasteiger partial charge in [0, 0.05) is 12.2 Å². The van der Waals surface area contributed by atoms with Crippen LogP contribution < -0.4 is 4.90 Å². The van der Waals surface area contributed by atoms with Crippen LogP contribution in [0.1, 0.15) is 33.6 Å². The van der Waals surface area contributed by atoms with Gasteiger partial charge in [0.15, 0.2) is 0 Å². The molecule has 1 atom stereocenters. The third-order valence-electron chi connectivity index (χ3n) is 3.77. The number of anilines is 1. The highest BCUT2D eigenvalue weighted by molar-refractivity contribution is 5.51. The van der Waals surface area contributed by atoms with E-state index in [9.17, 15) is 0 Å². The van der Waals surface area contributed by atoms with E-state index in [4.69, 9.17) is 4.74 Å². The van der Waals surface area contributed by atoms with Crippen molar-refractivity contribution in [1.29, 1.82) is 0 Å². The third kappa shape index (κ3) is 3.24. The van der Waals surface area contributed by atoms with E-state index in [1.165, 1.54) is 5.69 Å². The van der Waals surface area contributed by atoms with E-state index in [-0.39, 0.29) is 5.54 Å². The van der Waals surface area contributed by atoms with E-state index in [0.29, 0.717) is 0 Å². The van der Waals surface area contributed by atoms with Crippen molar-refractivity contribution in [1.82, 2.24) is 0 Å². The topological polar surface area (TPSA) is 12.5 Å². The Labute approximate surface area is 122 Å². The molecule has 0 aliphatic heterocycles. The van der Waals surface area contributed by atoms with Gasteiger partial charge in [-0.05, 0) is 51.0 Å². The molecule has 1 aromatic rings. The van der Waals surface area contributed by atoms with Crippen LogP contribution in [0.2, 0.25) is 0 Å². The first-order valence-electron chi connectivity index (χ1n) is 7.54. The van der Waals surface area contributed by atoms with E-state index < -0.39 is 0 Å². The van der Waals surface area contributed by atoms with Crippen molar-refractivity contribution in [2.24, 2.45) is 0 Å². The number of allylic oxidation sites excluding steroid dienone is 1. The lowest BCUT2D eigenvalue weighted by molar-refractivity contribution is 0.237. The van der Waals surface area contributed by atoms with Crippen LogP contribution in [0.3, 0.4) is 0 Å². The molecule has 0 heterocycles. The van der Waals surface area contributed by atoms with E-state index in [2.05, 4.69) is 67.3 Å². The molecule has 20 heavy (non-hydrogen) atoms. The van der Waals surface area contributed by atoms with Gasteiger partial charge in [-0.3, -0.25) is 0 Å². The number of benzene rings is 1. The largest absolute Gasteiger partial charge is 0.494 e. The SMILES string of the molecule is CCCN(c1ccccc1)C1(C)C=CC(OCC)=CC1. The zero-order valence-electron chi connectivity index (χ0n) is 12.8. The summed E-state index contributed by atoms with van der Waals surface area (Å²) < 4.78 is 5.58. The summed E-state index contributed by atoms with van der Waals surface area (Å²) in [5, 5.41) is 0. The maximum absolute atomic E-state index is 5.58. The molecular formula is C18H25NO. The second-order valence-corrected chi connectivity index (χ2v) is 5.42. The Morgan fingerprint density at radius 2 is 1.95 bits per heavy atom. The number of nitrogens with zero attached hydrogens (tertiary/aromatic N) is 1. The molecule has 0 amide bonds. The van der Waals surface area contributed by atoms with Gasteiger partial charge in [0.25, 0.3) is 0 Å². The summed E-state index contributed by atoms with van der Waals surface area (Å²) in [5.74, 6) is 0.995. The van der Waals surface area contributed by atoms with Gasteiger partial charge in [0.1, 0.15) is 5.76 Å². The molecule has 2 heteroatoms. The molecule has 0 aromatic heterocycles. The first kappa shape index (κ1) is 14.7. The van der Waals surface area contributed by atoms with Gasteiger partial charge >= 0.3 is 0 Å². The highest BCUT2D eigenvalue weighted by Crippen LogP contribution is 2.32. The standard InChI is InChI=1S/C18H25NO/c1-4-15-19(16-9-7-6-8-10-16)18(3)13-11-17(12-14-18)20-5-2/h6-13H,4-5,14-15H2,1-3H3. The summed E-state index contributed by atoms with van der Waals surface area (Å²) in [6, 6.07) is 10.7. The smallest absolute Gasteiger partial charge is 0.115 e. The number of hydrogen-bond acceptors (Lipinski definition) is 2. The first-order chi connectivity index (χ1) is 9.69. The lowest BCUT2D eigenvalue weighted by atomic mass is 9.90. The first-order valence-corrected chi connectivity index (χ1v) is 7.54. The molecule has 0 fully saturated rings. The average molecular weight is 271 g/mol. The number of hydrogen-bond donors (Lipinski definition) is 0. The van der Waals surface area contributed by atoms with Gasteiger partial charge in [0.05, 0.1) is 12.1 Å². The Morgan fingerprint density at radius 3 is 2.50 bits per heavy atom. The minimum Gasteiger partial charge on any atom is -0.494 e. The van der Waals surface area contributed by atoms with Crippen molar-refractivity contribution >= 4 is 5.69 Å². The Balaban J connectivity index is 2.21. The van der Waals surface area contributed by atoms with Crippen LogP contribution in [0, 0.1) is 0 Å². The lowest BCUT2D eigenvalue weighted by Gasteiger charge is -2.42. The molecule has 0 saturated carbocycles. The Bertz CT molecular complexity index is 477. The fourth-order valence-corrected chi connectivity index (χ4v) is 2.69. The third-order valence-corrected chi connectivity index (χ3v) is 3.77. The van der Waals surface area contributed by atoms with Crippen LogP contribution in [0.15, 0.2) is 54.3 Å².